The maximum Gasteiger partial charge on any atom is 0.119 e. The molecule has 4 heteroatoms. The molecule has 1 aliphatic heterocycles. The van der Waals surface area contributed by atoms with Crippen molar-refractivity contribution in [1.29, 1.82) is 0 Å². The van der Waals surface area contributed by atoms with Crippen molar-refractivity contribution in [1.82, 2.24) is 9.80 Å². The molecule has 1 atom stereocenters. The predicted octanol–water partition coefficient (Wildman–Crippen LogP) is 0.856. The molecule has 1 aliphatic rings. The molecular formula is C15H23N2O2. The Labute approximate surface area is 115 Å². The van der Waals surface area contributed by atoms with Gasteiger partial charge in [0.15, 0.2) is 0 Å². The SMILES string of the molecule is [CH2]c1ccc(OCC(O)CN2CCN(C)CC2)cc1. The monoisotopic (exact) mass is 263 g/mol. The van der Waals surface area contributed by atoms with Crippen LogP contribution in [-0.4, -0.2) is 67.4 Å². The first-order chi connectivity index (χ1) is 9.13. The second kappa shape index (κ2) is 6.89. The van der Waals surface area contributed by atoms with Crippen LogP contribution < -0.4 is 4.74 Å². The van der Waals surface area contributed by atoms with Gasteiger partial charge in [-0.15, -0.1) is 0 Å². The van der Waals surface area contributed by atoms with Gasteiger partial charge in [-0.3, -0.25) is 4.90 Å². The first-order valence-corrected chi connectivity index (χ1v) is 6.77. The number of aliphatic hydroxyl groups excluding tert-OH is 1. The van der Waals surface area contributed by atoms with Gasteiger partial charge in [0.25, 0.3) is 0 Å². The number of rotatable bonds is 5. The molecule has 1 saturated heterocycles. The molecule has 1 radical (unpaired) electrons. The molecule has 0 aromatic heterocycles. The average molecular weight is 263 g/mol. The van der Waals surface area contributed by atoms with E-state index in [0.717, 1.165) is 37.5 Å². The Morgan fingerprint density at radius 3 is 2.47 bits per heavy atom. The van der Waals surface area contributed by atoms with Gasteiger partial charge in [-0.05, 0) is 31.7 Å². The molecule has 4 nitrogen and oxygen atoms in total. The lowest BCUT2D eigenvalue weighted by Gasteiger charge is -2.33. The summed E-state index contributed by atoms with van der Waals surface area (Å²) in [6.45, 7) is 9.01. The number of ether oxygens (including phenoxy) is 1. The minimum atomic E-state index is -0.442. The molecule has 0 amide bonds. The van der Waals surface area contributed by atoms with Gasteiger partial charge in [0.2, 0.25) is 0 Å². The van der Waals surface area contributed by atoms with Crippen LogP contribution in [0.1, 0.15) is 5.56 Å². The molecule has 0 saturated carbocycles. The average Bonchev–Trinajstić information content (AvgIpc) is 2.41. The number of likely N-dealkylation sites (N-methyl/N-ethyl adjacent to an activating group) is 1. The highest BCUT2D eigenvalue weighted by atomic mass is 16.5. The molecular weight excluding hydrogens is 240 g/mol. The summed E-state index contributed by atoms with van der Waals surface area (Å²) in [4.78, 5) is 4.59. The summed E-state index contributed by atoms with van der Waals surface area (Å²) in [5.41, 5.74) is 0.963. The zero-order chi connectivity index (χ0) is 13.7. The van der Waals surface area contributed by atoms with Crippen molar-refractivity contribution in [3.8, 4) is 5.75 Å². The van der Waals surface area contributed by atoms with E-state index in [2.05, 4.69) is 23.8 Å². The lowest BCUT2D eigenvalue weighted by molar-refractivity contribution is 0.0505. The Morgan fingerprint density at radius 2 is 1.84 bits per heavy atom. The van der Waals surface area contributed by atoms with Crippen molar-refractivity contribution in [2.45, 2.75) is 6.10 Å². The maximum absolute atomic E-state index is 9.99. The largest absolute Gasteiger partial charge is 0.491 e. The molecule has 0 bridgehead atoms. The van der Waals surface area contributed by atoms with E-state index in [-0.39, 0.29) is 0 Å². The number of nitrogens with zero attached hydrogens (tertiary/aromatic N) is 2. The van der Waals surface area contributed by atoms with Crippen molar-refractivity contribution in [2.75, 3.05) is 46.4 Å². The van der Waals surface area contributed by atoms with Crippen molar-refractivity contribution >= 4 is 0 Å². The van der Waals surface area contributed by atoms with E-state index in [1.54, 1.807) is 0 Å². The lowest BCUT2D eigenvalue weighted by Crippen LogP contribution is -2.47. The number of hydrogen-bond acceptors (Lipinski definition) is 4. The smallest absolute Gasteiger partial charge is 0.119 e. The van der Waals surface area contributed by atoms with Crippen molar-refractivity contribution in [3.05, 3.63) is 36.8 Å². The van der Waals surface area contributed by atoms with Crippen LogP contribution in [-0.2, 0) is 0 Å². The van der Waals surface area contributed by atoms with E-state index in [4.69, 9.17) is 4.74 Å². The van der Waals surface area contributed by atoms with Gasteiger partial charge in [0, 0.05) is 32.7 Å². The number of β-amino-alcohol motifs (C(OH)–C–C–N with tert-alkyl or cyclic N) is 1. The Kier molecular flexibility index (Phi) is 5.19. The quantitative estimate of drug-likeness (QED) is 0.854. The summed E-state index contributed by atoms with van der Waals surface area (Å²) in [6.07, 6.45) is -0.442. The zero-order valence-electron chi connectivity index (χ0n) is 11.6. The van der Waals surface area contributed by atoms with Crippen molar-refractivity contribution < 1.29 is 9.84 Å². The molecule has 1 heterocycles. The fraction of sp³-hybridized carbons (Fsp3) is 0.533. The van der Waals surface area contributed by atoms with Crippen molar-refractivity contribution in [3.63, 3.8) is 0 Å². The number of piperazine rings is 1. The molecule has 1 aromatic carbocycles. The van der Waals surface area contributed by atoms with Gasteiger partial charge < -0.3 is 14.7 Å². The van der Waals surface area contributed by atoms with E-state index in [0.29, 0.717) is 13.2 Å². The van der Waals surface area contributed by atoms with E-state index < -0.39 is 6.10 Å². The first kappa shape index (κ1) is 14.3. The van der Waals surface area contributed by atoms with Gasteiger partial charge >= 0.3 is 0 Å². The van der Waals surface area contributed by atoms with Crippen LogP contribution in [0.25, 0.3) is 0 Å². The van der Waals surface area contributed by atoms with Gasteiger partial charge in [0.05, 0.1) is 0 Å². The number of aliphatic hydroxyl groups is 1. The van der Waals surface area contributed by atoms with Crippen molar-refractivity contribution in [2.24, 2.45) is 0 Å². The maximum atomic E-state index is 9.99. The summed E-state index contributed by atoms with van der Waals surface area (Å²) in [7, 11) is 2.13. The molecule has 19 heavy (non-hydrogen) atoms. The Morgan fingerprint density at radius 1 is 1.21 bits per heavy atom. The Hall–Kier alpha value is -1.10. The highest BCUT2D eigenvalue weighted by molar-refractivity contribution is 5.28. The molecule has 105 valence electrons. The Balaban J connectivity index is 1.69. The van der Waals surface area contributed by atoms with Gasteiger partial charge in [-0.1, -0.05) is 12.1 Å². The van der Waals surface area contributed by atoms with Crippen LogP contribution in [0, 0.1) is 6.92 Å². The molecule has 1 fully saturated rings. The normalized spacial score (nSPS) is 19.3. The number of hydrogen-bond donors (Lipinski definition) is 1. The van der Waals surface area contributed by atoms with Crippen LogP contribution in [0.5, 0.6) is 5.75 Å². The molecule has 0 aliphatic carbocycles. The summed E-state index contributed by atoms with van der Waals surface area (Å²) < 4.78 is 5.57. The molecule has 0 spiro atoms. The third kappa shape index (κ3) is 4.82. The summed E-state index contributed by atoms with van der Waals surface area (Å²) >= 11 is 0. The van der Waals surface area contributed by atoms with Gasteiger partial charge in [-0.2, -0.15) is 0 Å². The van der Waals surface area contributed by atoms with Crippen LogP contribution in [0.4, 0.5) is 0 Å². The molecule has 1 N–H and O–H groups in total. The van der Waals surface area contributed by atoms with Gasteiger partial charge in [-0.25, -0.2) is 0 Å². The fourth-order valence-corrected chi connectivity index (χ4v) is 2.16. The highest BCUT2D eigenvalue weighted by Crippen LogP contribution is 2.11. The van der Waals surface area contributed by atoms with E-state index in [1.807, 2.05) is 24.3 Å². The van der Waals surface area contributed by atoms with Crippen LogP contribution in [0.15, 0.2) is 24.3 Å². The second-order valence-electron chi connectivity index (χ2n) is 5.21. The minimum absolute atomic E-state index is 0.336. The topological polar surface area (TPSA) is 35.9 Å². The van der Waals surface area contributed by atoms with E-state index in [1.165, 1.54) is 0 Å². The fourth-order valence-electron chi connectivity index (χ4n) is 2.16. The summed E-state index contributed by atoms with van der Waals surface area (Å²) in [5.74, 6) is 0.782. The molecule has 1 unspecified atom stereocenters. The van der Waals surface area contributed by atoms with Crippen LogP contribution in [0.2, 0.25) is 0 Å². The minimum Gasteiger partial charge on any atom is -0.491 e. The summed E-state index contributed by atoms with van der Waals surface area (Å²) in [5, 5.41) is 9.99. The third-order valence-corrected chi connectivity index (χ3v) is 3.43. The van der Waals surface area contributed by atoms with E-state index in [9.17, 15) is 5.11 Å². The number of benzene rings is 1. The summed E-state index contributed by atoms with van der Waals surface area (Å²) in [6, 6.07) is 7.57. The lowest BCUT2D eigenvalue weighted by atomic mass is 10.2. The van der Waals surface area contributed by atoms with Gasteiger partial charge in [0.1, 0.15) is 18.5 Å². The third-order valence-electron chi connectivity index (χ3n) is 3.43. The van der Waals surface area contributed by atoms with Crippen LogP contribution in [0.3, 0.4) is 0 Å². The van der Waals surface area contributed by atoms with E-state index >= 15 is 0 Å². The predicted molar refractivity (Wildman–Crippen MR) is 76.3 cm³/mol. The Bertz CT molecular complexity index is 372. The first-order valence-electron chi connectivity index (χ1n) is 6.77. The molecule has 1 aromatic rings. The second-order valence-corrected chi connectivity index (χ2v) is 5.21. The zero-order valence-corrected chi connectivity index (χ0v) is 11.6. The standard InChI is InChI=1S/C15H23N2O2/c1-13-3-5-15(6-4-13)19-12-14(18)11-17-9-7-16(2)8-10-17/h3-6,14,18H,1,7-12H2,2H3. The highest BCUT2D eigenvalue weighted by Gasteiger charge is 2.17. The molecule has 2 rings (SSSR count). The van der Waals surface area contributed by atoms with Crippen LogP contribution >= 0.6 is 0 Å².